The molecule has 1 aliphatic rings. The first kappa shape index (κ1) is 34.8. The first-order valence-electron chi connectivity index (χ1n) is 17.0. The first-order valence-corrected chi connectivity index (χ1v) is 17.0. The Hall–Kier alpha value is -4.49. The van der Waals surface area contributed by atoms with Crippen molar-refractivity contribution >= 4 is 17.6 Å². The summed E-state index contributed by atoms with van der Waals surface area (Å²) < 4.78 is 12.3. The van der Waals surface area contributed by atoms with Crippen LogP contribution in [0.15, 0.2) is 84.9 Å². The third-order valence-electron chi connectivity index (χ3n) is 8.69. The highest BCUT2D eigenvalue weighted by atomic mass is 16.6. The van der Waals surface area contributed by atoms with Gasteiger partial charge in [-0.2, -0.15) is 0 Å². The lowest BCUT2D eigenvalue weighted by molar-refractivity contribution is -0.171. The molecule has 1 unspecified atom stereocenters. The zero-order chi connectivity index (χ0) is 34.4. The molecule has 252 valence electrons. The first-order chi connectivity index (χ1) is 22.9. The van der Waals surface area contributed by atoms with E-state index in [4.69, 9.17) is 14.5 Å². The Bertz CT molecular complexity index is 1690. The molecular formula is C41H49N3O4. The fourth-order valence-corrected chi connectivity index (χ4v) is 6.54. The number of carbonyl (C=O) groups excluding carboxylic acids is 2. The van der Waals surface area contributed by atoms with Crippen LogP contribution < -0.4 is 10.2 Å². The number of benzene rings is 3. The average molecular weight is 648 g/mol. The maximum atomic E-state index is 13.8. The van der Waals surface area contributed by atoms with E-state index in [1.165, 1.54) is 5.56 Å². The van der Waals surface area contributed by atoms with Gasteiger partial charge in [-0.3, -0.25) is 9.78 Å². The van der Waals surface area contributed by atoms with Gasteiger partial charge in [-0.05, 0) is 96.0 Å². The van der Waals surface area contributed by atoms with E-state index in [1.807, 2.05) is 103 Å². The van der Waals surface area contributed by atoms with Gasteiger partial charge in [0.1, 0.15) is 0 Å². The van der Waals surface area contributed by atoms with Crippen molar-refractivity contribution in [1.29, 1.82) is 0 Å². The molecule has 4 aromatic rings. The molecule has 1 aliphatic heterocycles. The molecule has 1 aromatic heterocycles. The molecule has 0 saturated carbocycles. The number of esters is 1. The summed E-state index contributed by atoms with van der Waals surface area (Å²) in [6, 6.07) is 28.2. The van der Waals surface area contributed by atoms with Gasteiger partial charge in [0, 0.05) is 47.7 Å². The Labute approximate surface area is 285 Å². The predicted octanol–water partition coefficient (Wildman–Crippen LogP) is 8.49. The number of nitrogens with one attached hydrogen (secondary N) is 1. The van der Waals surface area contributed by atoms with Crippen LogP contribution in [0.4, 0.5) is 5.69 Å². The summed E-state index contributed by atoms with van der Waals surface area (Å²) in [6.07, 6.45) is 0.687. The largest absolute Gasteiger partial charge is 0.461 e. The monoisotopic (exact) mass is 647 g/mol. The van der Waals surface area contributed by atoms with E-state index < -0.39 is 17.7 Å². The molecule has 1 N–H and O–H groups in total. The van der Waals surface area contributed by atoms with Crippen molar-refractivity contribution in [3.05, 3.63) is 119 Å². The van der Waals surface area contributed by atoms with Crippen molar-refractivity contribution in [3.8, 4) is 11.1 Å². The summed E-state index contributed by atoms with van der Waals surface area (Å²) in [7, 11) is 0. The molecule has 0 bridgehead atoms. The summed E-state index contributed by atoms with van der Waals surface area (Å²) in [4.78, 5) is 34.3. The molecule has 7 nitrogen and oxygen atoms in total. The molecule has 0 spiro atoms. The standard InChI is InChI=1S/C41H49N3O4/c1-27(2)47-40(46)38(48-41(5,6)7)36-29(4)43-28(3)35(37(36)44-24-22-32(23-25-44)31-16-12-9-13-17-31)33-18-20-34(21-19-33)39(45)42-26-30-14-10-8-11-15-30/h8-21,27,32,38H,22-26H2,1-7H3,(H,42,45). The second kappa shape index (κ2) is 15.2. The molecule has 1 amide bonds. The minimum atomic E-state index is -0.968. The molecule has 3 aromatic carbocycles. The van der Waals surface area contributed by atoms with Crippen LogP contribution in [-0.2, 0) is 20.8 Å². The molecule has 1 fully saturated rings. The Balaban J connectivity index is 1.56. The van der Waals surface area contributed by atoms with Gasteiger partial charge in [0.15, 0.2) is 6.10 Å². The Kier molecular flexibility index (Phi) is 11.0. The minimum Gasteiger partial charge on any atom is -0.461 e. The normalized spacial score (nSPS) is 14.5. The van der Waals surface area contributed by atoms with Crippen LogP contribution in [0.2, 0.25) is 0 Å². The van der Waals surface area contributed by atoms with Crippen LogP contribution in [0.3, 0.4) is 0 Å². The van der Waals surface area contributed by atoms with Crippen molar-refractivity contribution in [2.45, 2.75) is 91.6 Å². The van der Waals surface area contributed by atoms with Gasteiger partial charge in [0.25, 0.3) is 5.91 Å². The van der Waals surface area contributed by atoms with Crippen LogP contribution >= 0.6 is 0 Å². The highest BCUT2D eigenvalue weighted by Crippen LogP contribution is 2.44. The van der Waals surface area contributed by atoms with Crippen molar-refractivity contribution in [1.82, 2.24) is 10.3 Å². The molecule has 48 heavy (non-hydrogen) atoms. The zero-order valence-electron chi connectivity index (χ0n) is 29.4. The maximum absolute atomic E-state index is 13.8. The summed E-state index contributed by atoms with van der Waals surface area (Å²) in [5, 5.41) is 3.02. The number of hydrogen-bond acceptors (Lipinski definition) is 6. The van der Waals surface area contributed by atoms with Crippen LogP contribution in [0.1, 0.15) is 97.9 Å². The molecule has 5 rings (SSSR count). The van der Waals surface area contributed by atoms with Crippen molar-refractivity contribution in [2.75, 3.05) is 18.0 Å². The SMILES string of the molecule is Cc1nc(C)c(C(OC(C)(C)C)C(=O)OC(C)C)c(N2CCC(c3ccccc3)CC2)c1-c1ccc(C(=O)NCc2ccccc2)cc1. The molecule has 0 radical (unpaired) electrons. The predicted molar refractivity (Wildman–Crippen MR) is 192 cm³/mol. The number of rotatable bonds is 10. The number of aromatic nitrogens is 1. The Morgan fingerprint density at radius 1 is 0.875 bits per heavy atom. The average Bonchev–Trinajstić information content (AvgIpc) is 3.06. The number of piperidine rings is 1. The lowest BCUT2D eigenvalue weighted by atomic mass is 9.87. The number of nitrogens with zero attached hydrogens (tertiary/aromatic N) is 2. The van der Waals surface area contributed by atoms with E-state index in [1.54, 1.807) is 0 Å². The highest BCUT2D eigenvalue weighted by Gasteiger charge is 2.37. The number of carbonyl (C=O) groups is 2. The van der Waals surface area contributed by atoms with E-state index in [0.29, 0.717) is 18.0 Å². The quantitative estimate of drug-likeness (QED) is 0.174. The van der Waals surface area contributed by atoms with Gasteiger partial charge in [-0.1, -0.05) is 72.8 Å². The van der Waals surface area contributed by atoms with E-state index >= 15 is 0 Å². The number of hydrogen-bond donors (Lipinski definition) is 1. The number of ether oxygens (including phenoxy) is 2. The molecule has 2 heterocycles. The van der Waals surface area contributed by atoms with E-state index in [0.717, 1.165) is 65.3 Å². The third kappa shape index (κ3) is 8.50. The lowest BCUT2D eigenvalue weighted by Gasteiger charge is -2.38. The third-order valence-corrected chi connectivity index (χ3v) is 8.69. The Morgan fingerprint density at radius 2 is 1.48 bits per heavy atom. The number of aryl methyl sites for hydroxylation is 2. The van der Waals surface area contributed by atoms with E-state index in [9.17, 15) is 9.59 Å². The smallest absolute Gasteiger partial charge is 0.340 e. The molecule has 7 heteroatoms. The second-order valence-electron chi connectivity index (χ2n) is 13.9. The highest BCUT2D eigenvalue weighted by molar-refractivity contribution is 5.95. The summed E-state index contributed by atoms with van der Waals surface area (Å²) in [6.45, 7) is 15.6. The van der Waals surface area contributed by atoms with Gasteiger partial charge < -0.3 is 19.7 Å². The van der Waals surface area contributed by atoms with Gasteiger partial charge in [0.2, 0.25) is 0 Å². The van der Waals surface area contributed by atoms with Crippen LogP contribution in [0.25, 0.3) is 11.1 Å². The van der Waals surface area contributed by atoms with Crippen molar-refractivity contribution in [3.63, 3.8) is 0 Å². The molecular weight excluding hydrogens is 598 g/mol. The van der Waals surface area contributed by atoms with Crippen molar-refractivity contribution < 1.29 is 19.1 Å². The summed E-state index contributed by atoms with van der Waals surface area (Å²) in [5.74, 6) is -0.104. The second-order valence-corrected chi connectivity index (χ2v) is 13.9. The van der Waals surface area contributed by atoms with E-state index in [-0.39, 0.29) is 12.0 Å². The van der Waals surface area contributed by atoms with Gasteiger partial charge in [-0.25, -0.2) is 4.79 Å². The zero-order valence-corrected chi connectivity index (χ0v) is 29.4. The molecule has 1 atom stereocenters. The van der Waals surface area contributed by atoms with Crippen molar-refractivity contribution in [2.24, 2.45) is 0 Å². The Morgan fingerprint density at radius 3 is 2.06 bits per heavy atom. The number of anilines is 1. The lowest BCUT2D eigenvalue weighted by Crippen LogP contribution is -2.37. The van der Waals surface area contributed by atoms with Gasteiger partial charge in [-0.15, -0.1) is 0 Å². The topological polar surface area (TPSA) is 80.8 Å². The van der Waals surface area contributed by atoms with Crippen LogP contribution in [0.5, 0.6) is 0 Å². The van der Waals surface area contributed by atoms with Crippen LogP contribution in [-0.4, -0.2) is 41.7 Å². The fourth-order valence-electron chi connectivity index (χ4n) is 6.54. The minimum absolute atomic E-state index is 0.136. The number of amides is 1. The molecule has 1 saturated heterocycles. The van der Waals surface area contributed by atoms with Gasteiger partial charge >= 0.3 is 5.97 Å². The maximum Gasteiger partial charge on any atom is 0.340 e. The summed E-state index contributed by atoms with van der Waals surface area (Å²) >= 11 is 0. The van der Waals surface area contributed by atoms with Crippen LogP contribution in [0, 0.1) is 13.8 Å². The van der Waals surface area contributed by atoms with Gasteiger partial charge in [0.05, 0.1) is 17.4 Å². The number of pyridine rings is 1. The molecule has 0 aliphatic carbocycles. The summed E-state index contributed by atoms with van der Waals surface area (Å²) in [5.41, 5.74) is 7.49. The fraction of sp³-hybridized carbons (Fsp3) is 0.390. The van der Waals surface area contributed by atoms with E-state index in [2.05, 4.69) is 40.5 Å².